The van der Waals surface area contributed by atoms with Crippen LogP contribution in [0.5, 0.6) is 0 Å². The van der Waals surface area contributed by atoms with Crippen molar-refractivity contribution in [2.75, 3.05) is 20.0 Å². The quantitative estimate of drug-likeness (QED) is 0.595. The van der Waals surface area contributed by atoms with E-state index in [1.807, 2.05) is 0 Å². The van der Waals surface area contributed by atoms with Crippen LogP contribution in [-0.4, -0.2) is 38.0 Å². The third-order valence-electron chi connectivity index (χ3n) is 2.46. The molecule has 0 aliphatic rings. The van der Waals surface area contributed by atoms with E-state index in [-0.39, 0.29) is 0 Å². The molecule has 2 N–H and O–H groups in total. The second kappa shape index (κ2) is 7.85. The van der Waals surface area contributed by atoms with Crippen molar-refractivity contribution in [3.05, 3.63) is 23.7 Å². The molecule has 1 rings (SSSR count). The summed E-state index contributed by atoms with van der Waals surface area (Å²) in [5, 5.41) is 0. The topological polar surface area (TPSA) is 91.8 Å². The summed E-state index contributed by atoms with van der Waals surface area (Å²) in [5.74, 6) is 0.899. The summed E-state index contributed by atoms with van der Waals surface area (Å²) in [4.78, 5) is 22.5. The molecule has 7 heteroatoms. The minimum atomic E-state index is -0.617. The van der Waals surface area contributed by atoms with Gasteiger partial charge in [0.15, 0.2) is 0 Å². The normalized spacial score (nSPS) is 11.9. The van der Waals surface area contributed by atoms with Gasteiger partial charge in [-0.05, 0) is 18.2 Å². The van der Waals surface area contributed by atoms with Gasteiger partial charge in [-0.2, -0.15) is 11.8 Å². The molecule has 0 amide bonds. The molecule has 1 atom stereocenters. The molecule has 0 fully saturated rings. The number of thioether (sulfide) groups is 1. The van der Waals surface area contributed by atoms with Gasteiger partial charge >= 0.3 is 11.9 Å². The minimum absolute atomic E-state index is 0.421. The highest BCUT2D eigenvalue weighted by atomic mass is 32.2. The van der Waals surface area contributed by atoms with Crippen LogP contribution in [0.25, 0.3) is 0 Å². The molecular weight excluding hydrogens is 270 g/mol. The van der Waals surface area contributed by atoms with Crippen molar-refractivity contribution < 1.29 is 23.5 Å². The maximum absolute atomic E-state index is 11.4. The number of nitrogens with two attached hydrogens (primary N) is 1. The molecule has 1 aromatic rings. The van der Waals surface area contributed by atoms with Gasteiger partial charge in [0.25, 0.3) is 0 Å². The van der Waals surface area contributed by atoms with Crippen molar-refractivity contribution in [2.45, 2.75) is 18.2 Å². The van der Waals surface area contributed by atoms with Gasteiger partial charge in [-0.3, -0.25) is 4.79 Å². The van der Waals surface area contributed by atoms with E-state index >= 15 is 0 Å². The van der Waals surface area contributed by atoms with E-state index in [2.05, 4.69) is 9.47 Å². The van der Waals surface area contributed by atoms with Gasteiger partial charge in [0.2, 0.25) is 0 Å². The summed E-state index contributed by atoms with van der Waals surface area (Å²) >= 11 is 1.52. The third kappa shape index (κ3) is 4.60. The lowest BCUT2D eigenvalue weighted by molar-refractivity contribution is -0.142. The van der Waals surface area contributed by atoms with Gasteiger partial charge in [-0.25, -0.2) is 4.79 Å². The van der Waals surface area contributed by atoms with Gasteiger partial charge in [-0.1, -0.05) is 0 Å². The van der Waals surface area contributed by atoms with Crippen LogP contribution in [0.15, 0.2) is 16.7 Å². The maximum atomic E-state index is 11.4. The van der Waals surface area contributed by atoms with Gasteiger partial charge < -0.3 is 19.6 Å². The van der Waals surface area contributed by atoms with Crippen molar-refractivity contribution in [3.63, 3.8) is 0 Å². The molecular formula is C12H17NO5S. The van der Waals surface area contributed by atoms with Gasteiger partial charge in [0.1, 0.15) is 17.4 Å². The molecule has 0 saturated heterocycles. The first-order valence-corrected chi connectivity index (χ1v) is 6.81. The molecule has 1 aromatic heterocycles. The molecule has 106 valence electrons. The molecule has 0 bridgehead atoms. The molecule has 0 saturated carbocycles. The molecule has 0 aliphatic heterocycles. The van der Waals surface area contributed by atoms with Crippen LogP contribution < -0.4 is 5.73 Å². The summed E-state index contributed by atoms with van der Waals surface area (Å²) in [7, 11) is 2.63. The molecule has 0 aromatic carbocycles. The van der Waals surface area contributed by atoms with Gasteiger partial charge in [-0.15, -0.1) is 0 Å². The average molecular weight is 287 g/mol. The zero-order valence-corrected chi connectivity index (χ0v) is 11.7. The van der Waals surface area contributed by atoms with Crippen molar-refractivity contribution in [3.8, 4) is 0 Å². The van der Waals surface area contributed by atoms with E-state index in [4.69, 9.17) is 10.2 Å². The monoisotopic (exact) mass is 287 g/mol. The summed E-state index contributed by atoms with van der Waals surface area (Å²) in [5.41, 5.74) is 6.02. The largest absolute Gasteiger partial charge is 0.468 e. The molecule has 1 heterocycles. The fourth-order valence-corrected chi connectivity index (χ4v) is 2.36. The molecule has 0 aliphatic carbocycles. The number of furan rings is 1. The molecule has 0 spiro atoms. The molecule has 1 unspecified atom stereocenters. The zero-order valence-electron chi connectivity index (χ0n) is 10.9. The molecule has 6 nitrogen and oxygen atoms in total. The number of carbonyl (C=O) groups excluding carboxylic acids is 2. The Morgan fingerprint density at radius 2 is 2.16 bits per heavy atom. The Morgan fingerprint density at radius 1 is 1.42 bits per heavy atom. The Labute approximate surface area is 115 Å². The summed E-state index contributed by atoms with van der Waals surface area (Å²) < 4.78 is 14.4. The van der Waals surface area contributed by atoms with E-state index in [0.717, 1.165) is 0 Å². The van der Waals surface area contributed by atoms with Crippen LogP contribution in [-0.2, 0) is 20.0 Å². The number of hydrogen-bond acceptors (Lipinski definition) is 7. The van der Waals surface area contributed by atoms with Crippen LogP contribution in [0.1, 0.15) is 22.5 Å². The highest BCUT2D eigenvalue weighted by Gasteiger charge is 2.16. The van der Waals surface area contributed by atoms with Crippen LogP contribution in [0.3, 0.4) is 0 Å². The second-order valence-electron chi connectivity index (χ2n) is 3.72. The summed E-state index contributed by atoms with van der Waals surface area (Å²) in [6.45, 7) is 0. The Kier molecular flexibility index (Phi) is 6.44. The summed E-state index contributed by atoms with van der Waals surface area (Å²) in [6, 6.07) is 0.955. The number of carbonyl (C=O) groups is 2. The lowest BCUT2D eigenvalue weighted by Crippen LogP contribution is -2.31. The lowest BCUT2D eigenvalue weighted by atomic mass is 10.2. The van der Waals surface area contributed by atoms with Gasteiger partial charge in [0, 0.05) is 0 Å². The zero-order chi connectivity index (χ0) is 14.3. The van der Waals surface area contributed by atoms with E-state index in [9.17, 15) is 9.59 Å². The number of esters is 2. The van der Waals surface area contributed by atoms with Crippen LogP contribution >= 0.6 is 11.8 Å². The van der Waals surface area contributed by atoms with Crippen LogP contribution in [0.2, 0.25) is 0 Å². The SMILES string of the molecule is COC(=O)c1ccoc1CSCCC(N)C(=O)OC. The summed E-state index contributed by atoms with van der Waals surface area (Å²) in [6.07, 6.45) is 1.95. The Morgan fingerprint density at radius 3 is 2.79 bits per heavy atom. The first-order valence-electron chi connectivity index (χ1n) is 5.66. The Hall–Kier alpha value is -1.47. The minimum Gasteiger partial charge on any atom is -0.468 e. The fraction of sp³-hybridized carbons (Fsp3) is 0.500. The standard InChI is InChI=1S/C12H17NO5S/c1-16-11(14)8-3-5-18-10(8)7-19-6-4-9(13)12(15)17-2/h3,5,9H,4,6-7,13H2,1-2H3. The first kappa shape index (κ1) is 15.6. The van der Waals surface area contributed by atoms with Crippen LogP contribution in [0.4, 0.5) is 0 Å². The highest BCUT2D eigenvalue weighted by molar-refractivity contribution is 7.98. The van der Waals surface area contributed by atoms with E-state index in [0.29, 0.717) is 29.3 Å². The van der Waals surface area contributed by atoms with Crippen molar-refractivity contribution in [2.24, 2.45) is 5.73 Å². The Bertz CT molecular complexity index is 432. The number of methoxy groups -OCH3 is 2. The lowest BCUT2D eigenvalue weighted by Gasteiger charge is -2.08. The van der Waals surface area contributed by atoms with Crippen molar-refractivity contribution >= 4 is 23.7 Å². The predicted molar refractivity (Wildman–Crippen MR) is 70.8 cm³/mol. The Balaban J connectivity index is 2.36. The number of hydrogen-bond donors (Lipinski definition) is 1. The molecule has 0 radical (unpaired) electrons. The van der Waals surface area contributed by atoms with Gasteiger partial charge in [0.05, 0.1) is 26.2 Å². The predicted octanol–water partition coefficient (Wildman–Crippen LogP) is 1.19. The molecule has 19 heavy (non-hydrogen) atoms. The maximum Gasteiger partial charge on any atom is 0.341 e. The smallest absolute Gasteiger partial charge is 0.341 e. The first-order chi connectivity index (χ1) is 9.10. The van der Waals surface area contributed by atoms with Crippen LogP contribution in [0, 0.1) is 0 Å². The van der Waals surface area contributed by atoms with Crippen molar-refractivity contribution in [1.29, 1.82) is 0 Å². The second-order valence-corrected chi connectivity index (χ2v) is 4.83. The highest BCUT2D eigenvalue weighted by Crippen LogP contribution is 2.19. The third-order valence-corrected chi connectivity index (χ3v) is 3.45. The van der Waals surface area contributed by atoms with E-state index in [1.54, 1.807) is 6.07 Å². The van der Waals surface area contributed by atoms with Crippen molar-refractivity contribution in [1.82, 2.24) is 0 Å². The average Bonchev–Trinajstić information content (AvgIpc) is 2.89. The van der Waals surface area contributed by atoms with E-state index in [1.165, 1.54) is 32.2 Å². The number of ether oxygens (including phenoxy) is 2. The van der Waals surface area contributed by atoms with E-state index < -0.39 is 18.0 Å². The number of rotatable bonds is 7. The fourth-order valence-electron chi connectivity index (χ4n) is 1.39.